The minimum atomic E-state index is 0.308. The molecule has 0 spiro atoms. The molecule has 1 aromatic heterocycles. The van der Waals surface area contributed by atoms with E-state index in [4.69, 9.17) is 0 Å². The summed E-state index contributed by atoms with van der Waals surface area (Å²) in [6.45, 7) is 7.78. The van der Waals surface area contributed by atoms with Crippen LogP contribution in [0.3, 0.4) is 0 Å². The SMILES string of the molecule is CC(CNCC1(C)CCCN1)c1nccs1. The predicted octanol–water partition coefficient (Wildman–Crippen LogP) is 1.98. The van der Waals surface area contributed by atoms with Gasteiger partial charge in [0, 0.05) is 36.1 Å². The van der Waals surface area contributed by atoms with E-state index in [0.717, 1.165) is 13.1 Å². The fraction of sp³-hybridized carbons (Fsp3) is 0.750. The Kier molecular flexibility index (Phi) is 3.95. The Morgan fingerprint density at radius 2 is 2.56 bits per heavy atom. The summed E-state index contributed by atoms with van der Waals surface area (Å²) in [4.78, 5) is 4.35. The van der Waals surface area contributed by atoms with E-state index in [1.54, 1.807) is 11.3 Å². The first-order valence-electron chi connectivity index (χ1n) is 6.05. The monoisotopic (exact) mass is 239 g/mol. The second kappa shape index (κ2) is 5.25. The fourth-order valence-corrected chi connectivity index (χ4v) is 2.94. The minimum absolute atomic E-state index is 0.308. The van der Waals surface area contributed by atoms with Crippen molar-refractivity contribution in [1.29, 1.82) is 0 Å². The molecule has 2 atom stereocenters. The highest BCUT2D eigenvalue weighted by Crippen LogP contribution is 2.19. The van der Waals surface area contributed by atoms with Crippen LogP contribution in [0.5, 0.6) is 0 Å². The standard InChI is InChI=1S/C12H21N3S/c1-10(11-14-6-7-16-11)8-13-9-12(2)4-3-5-15-12/h6-7,10,13,15H,3-5,8-9H2,1-2H3. The average Bonchev–Trinajstić information content (AvgIpc) is 2.88. The van der Waals surface area contributed by atoms with Crippen molar-refractivity contribution in [3.63, 3.8) is 0 Å². The van der Waals surface area contributed by atoms with Crippen molar-refractivity contribution < 1.29 is 0 Å². The van der Waals surface area contributed by atoms with Crippen LogP contribution in [-0.2, 0) is 0 Å². The molecule has 90 valence electrons. The molecule has 0 aromatic carbocycles. The number of rotatable bonds is 5. The molecule has 2 rings (SSSR count). The molecule has 4 heteroatoms. The fourth-order valence-electron chi connectivity index (χ4n) is 2.24. The lowest BCUT2D eigenvalue weighted by Gasteiger charge is -2.25. The number of thiazole rings is 1. The van der Waals surface area contributed by atoms with Crippen LogP contribution >= 0.6 is 11.3 Å². The quantitative estimate of drug-likeness (QED) is 0.825. The summed E-state index contributed by atoms with van der Waals surface area (Å²) in [7, 11) is 0. The van der Waals surface area contributed by atoms with Gasteiger partial charge < -0.3 is 10.6 Å². The normalized spacial score (nSPS) is 27.1. The summed E-state index contributed by atoms with van der Waals surface area (Å²) >= 11 is 1.75. The molecule has 1 aliphatic heterocycles. The zero-order valence-corrected chi connectivity index (χ0v) is 10.9. The van der Waals surface area contributed by atoms with E-state index in [-0.39, 0.29) is 0 Å². The van der Waals surface area contributed by atoms with E-state index in [9.17, 15) is 0 Å². The lowest BCUT2D eigenvalue weighted by molar-refractivity contribution is 0.381. The number of hydrogen-bond donors (Lipinski definition) is 2. The Morgan fingerprint density at radius 3 is 3.19 bits per heavy atom. The zero-order valence-electron chi connectivity index (χ0n) is 10.1. The highest BCUT2D eigenvalue weighted by Gasteiger charge is 2.27. The Bertz CT molecular complexity index is 304. The van der Waals surface area contributed by atoms with Gasteiger partial charge in [0.05, 0.1) is 5.01 Å². The first kappa shape index (κ1) is 12.0. The van der Waals surface area contributed by atoms with E-state index in [1.165, 1.54) is 24.4 Å². The van der Waals surface area contributed by atoms with Crippen molar-refractivity contribution in [3.8, 4) is 0 Å². The average molecular weight is 239 g/mol. The van der Waals surface area contributed by atoms with Crippen molar-refractivity contribution in [2.24, 2.45) is 0 Å². The van der Waals surface area contributed by atoms with Gasteiger partial charge in [-0.3, -0.25) is 0 Å². The van der Waals surface area contributed by atoms with Gasteiger partial charge in [-0.1, -0.05) is 6.92 Å². The Morgan fingerprint density at radius 1 is 1.69 bits per heavy atom. The molecular formula is C12H21N3S. The van der Waals surface area contributed by atoms with Gasteiger partial charge in [-0.25, -0.2) is 4.98 Å². The van der Waals surface area contributed by atoms with Crippen LogP contribution in [0.1, 0.15) is 37.6 Å². The van der Waals surface area contributed by atoms with E-state index in [0.29, 0.717) is 11.5 Å². The van der Waals surface area contributed by atoms with E-state index in [1.807, 2.05) is 11.6 Å². The number of aromatic nitrogens is 1. The molecule has 1 aliphatic rings. The minimum Gasteiger partial charge on any atom is -0.314 e. The molecule has 1 saturated heterocycles. The third-order valence-corrected chi connectivity index (χ3v) is 4.30. The van der Waals surface area contributed by atoms with Crippen molar-refractivity contribution in [2.75, 3.05) is 19.6 Å². The number of nitrogens with one attached hydrogen (secondary N) is 2. The van der Waals surface area contributed by atoms with Gasteiger partial charge in [-0.05, 0) is 26.3 Å². The predicted molar refractivity (Wildman–Crippen MR) is 69.0 cm³/mol. The lowest BCUT2D eigenvalue weighted by Crippen LogP contribution is -2.46. The Hall–Kier alpha value is -0.450. The number of nitrogens with zero attached hydrogens (tertiary/aromatic N) is 1. The third-order valence-electron chi connectivity index (χ3n) is 3.30. The summed E-state index contributed by atoms with van der Waals surface area (Å²) in [5.74, 6) is 0.519. The number of hydrogen-bond acceptors (Lipinski definition) is 4. The highest BCUT2D eigenvalue weighted by atomic mass is 32.1. The van der Waals surface area contributed by atoms with Crippen LogP contribution in [-0.4, -0.2) is 30.2 Å². The van der Waals surface area contributed by atoms with Crippen molar-refractivity contribution in [1.82, 2.24) is 15.6 Å². The molecule has 2 unspecified atom stereocenters. The Labute approximate surface area is 102 Å². The molecule has 16 heavy (non-hydrogen) atoms. The highest BCUT2D eigenvalue weighted by molar-refractivity contribution is 7.09. The summed E-state index contributed by atoms with van der Waals surface area (Å²) < 4.78 is 0. The van der Waals surface area contributed by atoms with Gasteiger partial charge in [-0.15, -0.1) is 11.3 Å². The van der Waals surface area contributed by atoms with Crippen molar-refractivity contribution >= 4 is 11.3 Å². The molecule has 2 heterocycles. The molecule has 1 fully saturated rings. The largest absolute Gasteiger partial charge is 0.314 e. The van der Waals surface area contributed by atoms with E-state index in [2.05, 4.69) is 29.5 Å². The van der Waals surface area contributed by atoms with Gasteiger partial charge in [0.25, 0.3) is 0 Å². The summed E-state index contributed by atoms with van der Waals surface area (Å²) in [6, 6.07) is 0. The van der Waals surface area contributed by atoms with E-state index < -0.39 is 0 Å². The second-order valence-electron chi connectivity index (χ2n) is 4.99. The van der Waals surface area contributed by atoms with Crippen LogP contribution in [0.4, 0.5) is 0 Å². The van der Waals surface area contributed by atoms with Crippen LogP contribution in [0, 0.1) is 0 Å². The van der Waals surface area contributed by atoms with Gasteiger partial charge in [0.15, 0.2) is 0 Å². The summed E-state index contributed by atoms with van der Waals surface area (Å²) in [5.41, 5.74) is 0.308. The second-order valence-corrected chi connectivity index (χ2v) is 5.92. The molecule has 1 aromatic rings. The van der Waals surface area contributed by atoms with Crippen LogP contribution in [0.15, 0.2) is 11.6 Å². The molecular weight excluding hydrogens is 218 g/mol. The molecule has 0 bridgehead atoms. The van der Waals surface area contributed by atoms with Gasteiger partial charge in [-0.2, -0.15) is 0 Å². The lowest BCUT2D eigenvalue weighted by atomic mass is 10.0. The molecule has 2 N–H and O–H groups in total. The van der Waals surface area contributed by atoms with Crippen LogP contribution in [0.2, 0.25) is 0 Å². The molecule has 0 saturated carbocycles. The zero-order chi connectivity index (χ0) is 11.4. The summed E-state index contributed by atoms with van der Waals surface area (Å²) in [6.07, 6.45) is 4.47. The van der Waals surface area contributed by atoms with Gasteiger partial charge >= 0.3 is 0 Å². The van der Waals surface area contributed by atoms with Gasteiger partial charge in [0.1, 0.15) is 0 Å². The first-order chi connectivity index (χ1) is 7.70. The maximum Gasteiger partial charge on any atom is 0.0965 e. The maximum atomic E-state index is 4.35. The molecule has 0 radical (unpaired) electrons. The molecule has 0 aliphatic carbocycles. The smallest absolute Gasteiger partial charge is 0.0965 e. The maximum absolute atomic E-state index is 4.35. The topological polar surface area (TPSA) is 37.0 Å². The van der Waals surface area contributed by atoms with Gasteiger partial charge in [0.2, 0.25) is 0 Å². The van der Waals surface area contributed by atoms with Crippen LogP contribution < -0.4 is 10.6 Å². The van der Waals surface area contributed by atoms with Crippen LogP contribution in [0.25, 0.3) is 0 Å². The molecule has 3 nitrogen and oxygen atoms in total. The third kappa shape index (κ3) is 3.03. The van der Waals surface area contributed by atoms with Crippen molar-refractivity contribution in [3.05, 3.63) is 16.6 Å². The van der Waals surface area contributed by atoms with Crippen molar-refractivity contribution in [2.45, 2.75) is 38.1 Å². The summed E-state index contributed by atoms with van der Waals surface area (Å²) in [5, 5.41) is 10.4. The Balaban J connectivity index is 1.72. The molecule has 0 amide bonds. The van der Waals surface area contributed by atoms with E-state index >= 15 is 0 Å². The first-order valence-corrected chi connectivity index (χ1v) is 6.93.